The molecule has 1 saturated carbocycles. The Bertz CT molecular complexity index is 1050. The third-order valence-electron chi connectivity index (χ3n) is 8.05. The first-order chi connectivity index (χ1) is 16.2. The van der Waals surface area contributed by atoms with Crippen molar-refractivity contribution < 1.29 is 9.90 Å². The van der Waals surface area contributed by atoms with Gasteiger partial charge in [0, 0.05) is 48.6 Å². The first-order valence-electron chi connectivity index (χ1n) is 12.7. The molecule has 3 heterocycles. The Morgan fingerprint density at radius 2 is 2.00 bits per heavy atom. The van der Waals surface area contributed by atoms with E-state index >= 15 is 0 Å². The number of nitrogens with zero attached hydrogens (tertiary/aromatic N) is 4. The number of carbonyl (C=O) groups excluding carboxylic acids is 1. The summed E-state index contributed by atoms with van der Waals surface area (Å²) in [5.41, 5.74) is -0.485. The van der Waals surface area contributed by atoms with Crippen molar-refractivity contribution in [2.75, 3.05) is 13.1 Å². The van der Waals surface area contributed by atoms with Gasteiger partial charge in [-0.1, -0.05) is 52.9 Å². The quantitative estimate of drug-likeness (QED) is 0.698. The standard InChI is InChI=1S/C27H38N4O3/c1-20(14-21-8-5-4-6-9-21)25(33)30-13-11-27(34,26(2,3)18-30)19-31-17-23(29-16-24(31)32)22-10-7-12-28-15-22/h7,10,12,15-17,20-21,34H,4-6,8-9,11,13-14,18-19H2,1-3H3. The summed E-state index contributed by atoms with van der Waals surface area (Å²) in [6.45, 7) is 7.18. The normalized spacial score (nSPS) is 24.1. The van der Waals surface area contributed by atoms with Gasteiger partial charge in [0.1, 0.15) is 0 Å². The minimum atomic E-state index is -1.12. The van der Waals surface area contributed by atoms with Gasteiger partial charge in [-0.3, -0.25) is 14.6 Å². The van der Waals surface area contributed by atoms with Gasteiger partial charge >= 0.3 is 0 Å². The minimum Gasteiger partial charge on any atom is -0.387 e. The molecule has 0 aromatic carbocycles. The summed E-state index contributed by atoms with van der Waals surface area (Å²) in [5, 5.41) is 11.7. The number of likely N-dealkylation sites (tertiary alicyclic amines) is 1. The Morgan fingerprint density at radius 3 is 2.68 bits per heavy atom. The van der Waals surface area contributed by atoms with Crippen LogP contribution in [0.4, 0.5) is 0 Å². The minimum absolute atomic E-state index is 0.00921. The lowest BCUT2D eigenvalue weighted by molar-refractivity contribution is -0.157. The Morgan fingerprint density at radius 1 is 1.24 bits per heavy atom. The maximum absolute atomic E-state index is 13.3. The molecule has 2 unspecified atom stereocenters. The summed E-state index contributed by atoms with van der Waals surface area (Å²) >= 11 is 0. The number of hydrogen-bond donors (Lipinski definition) is 1. The molecule has 0 spiro atoms. The van der Waals surface area contributed by atoms with Crippen LogP contribution in [0.3, 0.4) is 0 Å². The highest BCUT2D eigenvalue weighted by molar-refractivity contribution is 5.78. The van der Waals surface area contributed by atoms with Gasteiger partial charge in [0.15, 0.2) is 0 Å². The molecule has 4 rings (SSSR count). The number of aromatic nitrogens is 3. The molecule has 1 N–H and O–H groups in total. The van der Waals surface area contributed by atoms with Crippen molar-refractivity contribution in [2.45, 2.75) is 77.9 Å². The zero-order chi connectivity index (χ0) is 24.3. The van der Waals surface area contributed by atoms with Crippen LogP contribution >= 0.6 is 0 Å². The Kier molecular flexibility index (Phi) is 7.22. The molecule has 1 amide bonds. The molecular weight excluding hydrogens is 428 g/mol. The summed E-state index contributed by atoms with van der Waals surface area (Å²) in [6.07, 6.45) is 14.1. The second kappa shape index (κ2) is 9.98. The maximum Gasteiger partial charge on any atom is 0.269 e. The molecule has 184 valence electrons. The lowest BCUT2D eigenvalue weighted by Crippen LogP contribution is -2.61. The summed E-state index contributed by atoms with van der Waals surface area (Å²) in [7, 11) is 0. The van der Waals surface area contributed by atoms with Crippen molar-refractivity contribution in [3.63, 3.8) is 0 Å². The third-order valence-corrected chi connectivity index (χ3v) is 8.05. The van der Waals surface area contributed by atoms with Crippen LogP contribution in [-0.2, 0) is 11.3 Å². The number of piperidine rings is 1. The van der Waals surface area contributed by atoms with E-state index in [1.54, 1.807) is 23.2 Å². The molecule has 2 aromatic rings. The zero-order valence-electron chi connectivity index (χ0n) is 20.7. The van der Waals surface area contributed by atoms with E-state index in [9.17, 15) is 14.7 Å². The molecule has 0 bridgehead atoms. The van der Waals surface area contributed by atoms with Gasteiger partial charge in [-0.05, 0) is 30.9 Å². The molecule has 7 heteroatoms. The van der Waals surface area contributed by atoms with Crippen molar-refractivity contribution in [2.24, 2.45) is 17.3 Å². The monoisotopic (exact) mass is 466 g/mol. The van der Waals surface area contributed by atoms with Gasteiger partial charge in [-0.2, -0.15) is 0 Å². The van der Waals surface area contributed by atoms with E-state index < -0.39 is 11.0 Å². The van der Waals surface area contributed by atoms with Crippen molar-refractivity contribution in [1.29, 1.82) is 0 Å². The number of aliphatic hydroxyl groups is 1. The van der Waals surface area contributed by atoms with Crippen LogP contribution in [0, 0.1) is 17.3 Å². The van der Waals surface area contributed by atoms with E-state index in [0.29, 0.717) is 31.1 Å². The van der Waals surface area contributed by atoms with E-state index in [4.69, 9.17) is 0 Å². The number of rotatable bonds is 6. The maximum atomic E-state index is 13.3. The lowest BCUT2D eigenvalue weighted by atomic mass is 9.69. The highest BCUT2D eigenvalue weighted by atomic mass is 16.3. The van der Waals surface area contributed by atoms with Crippen LogP contribution in [-0.4, -0.2) is 49.1 Å². The molecular formula is C27H38N4O3. The highest BCUT2D eigenvalue weighted by Gasteiger charge is 2.49. The highest BCUT2D eigenvalue weighted by Crippen LogP contribution is 2.40. The predicted molar refractivity (Wildman–Crippen MR) is 132 cm³/mol. The third kappa shape index (κ3) is 5.24. The number of hydrogen-bond acceptors (Lipinski definition) is 5. The van der Waals surface area contributed by atoms with Gasteiger partial charge in [0.05, 0.1) is 24.0 Å². The van der Waals surface area contributed by atoms with E-state index in [2.05, 4.69) is 16.9 Å². The van der Waals surface area contributed by atoms with Gasteiger partial charge < -0.3 is 14.6 Å². The van der Waals surface area contributed by atoms with Crippen molar-refractivity contribution in [3.05, 3.63) is 47.3 Å². The van der Waals surface area contributed by atoms with Crippen LogP contribution < -0.4 is 5.56 Å². The van der Waals surface area contributed by atoms with Crippen LogP contribution in [0.1, 0.15) is 65.7 Å². The lowest BCUT2D eigenvalue weighted by Gasteiger charge is -2.51. The molecule has 1 aliphatic carbocycles. The Hall–Kier alpha value is -2.54. The number of amides is 1. The first-order valence-corrected chi connectivity index (χ1v) is 12.7. The van der Waals surface area contributed by atoms with Gasteiger partial charge in [0.25, 0.3) is 5.56 Å². The van der Waals surface area contributed by atoms with Crippen molar-refractivity contribution in [1.82, 2.24) is 19.4 Å². The van der Waals surface area contributed by atoms with E-state index in [0.717, 1.165) is 12.0 Å². The van der Waals surface area contributed by atoms with E-state index in [1.165, 1.54) is 38.3 Å². The smallest absolute Gasteiger partial charge is 0.269 e. The van der Waals surface area contributed by atoms with Gasteiger partial charge in [-0.15, -0.1) is 0 Å². The largest absolute Gasteiger partial charge is 0.387 e. The SMILES string of the molecule is CC(CC1CCCCC1)C(=O)N1CCC(O)(Cn2cc(-c3cccnc3)ncc2=O)C(C)(C)C1. The predicted octanol–water partition coefficient (Wildman–Crippen LogP) is 3.90. The van der Waals surface area contributed by atoms with E-state index in [-0.39, 0.29) is 23.9 Å². The number of pyridine rings is 1. The first kappa shape index (κ1) is 24.6. The van der Waals surface area contributed by atoms with Crippen molar-refractivity contribution in [3.8, 4) is 11.3 Å². The zero-order valence-corrected chi connectivity index (χ0v) is 20.7. The molecule has 2 aromatic heterocycles. The molecule has 1 aliphatic heterocycles. The van der Waals surface area contributed by atoms with Gasteiger partial charge in [-0.25, -0.2) is 4.98 Å². The van der Waals surface area contributed by atoms with Gasteiger partial charge in [0.2, 0.25) is 5.91 Å². The molecule has 7 nitrogen and oxygen atoms in total. The molecule has 2 aliphatic rings. The topological polar surface area (TPSA) is 88.3 Å². The molecule has 1 saturated heterocycles. The molecule has 0 radical (unpaired) electrons. The average molecular weight is 467 g/mol. The van der Waals surface area contributed by atoms with Crippen molar-refractivity contribution >= 4 is 5.91 Å². The Balaban J connectivity index is 1.45. The summed E-state index contributed by atoms with van der Waals surface area (Å²) in [6, 6.07) is 3.71. The number of carbonyl (C=O) groups is 1. The average Bonchev–Trinajstić information content (AvgIpc) is 2.83. The fourth-order valence-electron chi connectivity index (χ4n) is 5.69. The van der Waals surface area contributed by atoms with Crippen LogP contribution in [0.2, 0.25) is 0 Å². The van der Waals surface area contributed by atoms with E-state index in [1.807, 2.05) is 30.9 Å². The molecule has 2 fully saturated rings. The van der Waals surface area contributed by atoms with Crippen LogP contribution in [0.15, 0.2) is 41.7 Å². The fraction of sp³-hybridized carbons (Fsp3) is 0.630. The summed E-state index contributed by atoms with van der Waals surface area (Å²) < 4.78 is 1.54. The second-order valence-electron chi connectivity index (χ2n) is 11.0. The molecule has 34 heavy (non-hydrogen) atoms. The van der Waals surface area contributed by atoms with Crippen LogP contribution in [0.5, 0.6) is 0 Å². The second-order valence-corrected chi connectivity index (χ2v) is 11.0. The summed E-state index contributed by atoms with van der Waals surface area (Å²) in [4.78, 5) is 36.2. The molecule has 2 atom stereocenters. The van der Waals surface area contributed by atoms with Crippen LogP contribution in [0.25, 0.3) is 11.3 Å². The summed E-state index contributed by atoms with van der Waals surface area (Å²) in [5.74, 6) is 0.866. The fourth-order valence-corrected chi connectivity index (χ4v) is 5.69. The Labute approximate surface area is 202 Å².